The van der Waals surface area contributed by atoms with Crippen molar-refractivity contribution in [3.8, 4) is 5.69 Å². The highest BCUT2D eigenvalue weighted by atomic mass is 19.1. The zero-order valence-corrected chi connectivity index (χ0v) is 14.7. The second kappa shape index (κ2) is 6.60. The minimum absolute atomic E-state index is 0.157. The van der Waals surface area contributed by atoms with Gasteiger partial charge in [-0.25, -0.2) is 9.07 Å². The molecule has 0 saturated carbocycles. The Morgan fingerprint density at radius 3 is 2.78 bits per heavy atom. The number of carbonyl (C=O) groups is 1. The van der Waals surface area contributed by atoms with Crippen LogP contribution in [-0.4, -0.2) is 33.0 Å². The number of benzene rings is 2. The molecule has 2 heterocycles. The summed E-state index contributed by atoms with van der Waals surface area (Å²) >= 11 is 0. The van der Waals surface area contributed by atoms with Gasteiger partial charge in [0.25, 0.3) is 5.91 Å². The number of halogens is 1. The molecule has 27 heavy (non-hydrogen) atoms. The molecular weight excluding hydrogens is 350 g/mol. The Hall–Kier alpha value is -3.04. The van der Waals surface area contributed by atoms with E-state index in [2.05, 4.69) is 15.6 Å². The van der Waals surface area contributed by atoms with E-state index in [9.17, 15) is 14.2 Å². The minimum atomic E-state index is -1.01. The van der Waals surface area contributed by atoms with Gasteiger partial charge >= 0.3 is 7.12 Å². The number of carbonyl (C=O) groups excluding carboxylic acids is 1. The molecule has 136 valence electrons. The molecule has 1 amide bonds. The second-order valence-electron chi connectivity index (χ2n) is 6.34. The number of fused-ring (bicyclic) bond motifs is 1. The van der Waals surface area contributed by atoms with Crippen LogP contribution in [0, 0.1) is 12.7 Å². The van der Waals surface area contributed by atoms with Gasteiger partial charge in [0, 0.05) is 5.69 Å². The van der Waals surface area contributed by atoms with Crippen molar-refractivity contribution in [2.45, 2.75) is 20.0 Å². The molecule has 0 spiro atoms. The Bertz CT molecular complexity index is 1020. The topological polar surface area (TPSA) is 89.3 Å². The summed E-state index contributed by atoms with van der Waals surface area (Å²) in [6, 6.07) is 11.0. The summed E-state index contributed by atoms with van der Waals surface area (Å²) in [6.07, 6.45) is -0.197. The van der Waals surface area contributed by atoms with E-state index in [4.69, 9.17) is 4.65 Å². The van der Waals surface area contributed by atoms with Crippen LogP contribution in [0.15, 0.2) is 42.5 Å². The summed E-state index contributed by atoms with van der Waals surface area (Å²) in [5.41, 5.74) is 3.33. The molecule has 1 aliphatic heterocycles. The molecule has 3 aromatic rings. The van der Waals surface area contributed by atoms with Crippen molar-refractivity contribution in [2.75, 3.05) is 5.32 Å². The third kappa shape index (κ3) is 3.11. The van der Waals surface area contributed by atoms with Crippen LogP contribution in [-0.2, 0) is 4.65 Å². The van der Waals surface area contributed by atoms with Gasteiger partial charge in [0.1, 0.15) is 5.82 Å². The Morgan fingerprint density at radius 2 is 2.04 bits per heavy atom. The standard InChI is InChI=1S/C18H16BFN4O3/c1-10-17(22-23-24(10)14-6-3-12(20)4-7-14)18(25)21-13-5-8-15-11(2)27-19(26)16(15)9-13/h3-9,11,26H,1-2H3,(H,21,25). The quantitative estimate of drug-likeness (QED) is 0.690. The molecule has 1 unspecified atom stereocenters. The van der Waals surface area contributed by atoms with Gasteiger partial charge in [0.2, 0.25) is 0 Å². The molecule has 4 rings (SSSR count). The van der Waals surface area contributed by atoms with E-state index in [1.807, 2.05) is 13.0 Å². The largest absolute Gasteiger partial charge is 0.492 e. The Balaban J connectivity index is 1.58. The predicted octanol–water partition coefficient (Wildman–Crippen LogP) is 1.75. The molecule has 1 aliphatic rings. The van der Waals surface area contributed by atoms with E-state index >= 15 is 0 Å². The summed E-state index contributed by atoms with van der Waals surface area (Å²) in [4.78, 5) is 12.6. The molecule has 0 radical (unpaired) electrons. The maximum absolute atomic E-state index is 13.1. The first-order valence-electron chi connectivity index (χ1n) is 8.41. The van der Waals surface area contributed by atoms with Crippen LogP contribution in [0.5, 0.6) is 0 Å². The molecule has 7 nitrogen and oxygen atoms in total. The monoisotopic (exact) mass is 366 g/mol. The molecule has 0 fully saturated rings. The summed E-state index contributed by atoms with van der Waals surface area (Å²) in [7, 11) is -1.01. The smallest absolute Gasteiger partial charge is 0.423 e. The Morgan fingerprint density at radius 1 is 1.30 bits per heavy atom. The van der Waals surface area contributed by atoms with Crippen molar-refractivity contribution < 1.29 is 18.9 Å². The number of amides is 1. The van der Waals surface area contributed by atoms with Gasteiger partial charge in [0.15, 0.2) is 5.69 Å². The van der Waals surface area contributed by atoms with Gasteiger partial charge in [-0.05, 0) is 61.3 Å². The average molecular weight is 366 g/mol. The first-order chi connectivity index (χ1) is 12.9. The molecule has 0 aliphatic carbocycles. The number of rotatable bonds is 3. The van der Waals surface area contributed by atoms with Crippen LogP contribution in [0.25, 0.3) is 5.69 Å². The fourth-order valence-electron chi connectivity index (χ4n) is 3.13. The van der Waals surface area contributed by atoms with Crippen LogP contribution < -0.4 is 10.8 Å². The molecule has 0 bridgehead atoms. The minimum Gasteiger partial charge on any atom is -0.423 e. The number of nitrogens with zero attached hydrogens (tertiary/aromatic N) is 3. The third-order valence-electron chi connectivity index (χ3n) is 4.56. The van der Waals surface area contributed by atoms with Crippen molar-refractivity contribution in [1.82, 2.24) is 15.0 Å². The van der Waals surface area contributed by atoms with Crippen LogP contribution in [0.4, 0.5) is 10.1 Å². The molecular formula is C18H16BFN4O3. The lowest BCUT2D eigenvalue weighted by molar-refractivity contribution is 0.102. The summed E-state index contributed by atoms with van der Waals surface area (Å²) in [5.74, 6) is -0.783. The van der Waals surface area contributed by atoms with Crippen LogP contribution in [0.1, 0.15) is 34.8 Å². The van der Waals surface area contributed by atoms with E-state index in [1.165, 1.54) is 16.8 Å². The second-order valence-corrected chi connectivity index (χ2v) is 6.34. The summed E-state index contributed by atoms with van der Waals surface area (Å²) in [5, 5.41) is 20.6. The Labute approximate surface area is 154 Å². The summed E-state index contributed by atoms with van der Waals surface area (Å²) < 4.78 is 19.9. The number of nitrogens with one attached hydrogen (secondary N) is 1. The van der Waals surface area contributed by atoms with E-state index in [1.54, 1.807) is 31.2 Å². The fourth-order valence-corrected chi connectivity index (χ4v) is 3.13. The zero-order valence-electron chi connectivity index (χ0n) is 14.7. The molecule has 0 saturated heterocycles. The van der Waals surface area contributed by atoms with Gasteiger partial charge < -0.3 is 15.0 Å². The first kappa shape index (κ1) is 17.4. The van der Waals surface area contributed by atoms with Crippen LogP contribution in [0.2, 0.25) is 0 Å². The fraction of sp³-hybridized carbons (Fsp3) is 0.167. The van der Waals surface area contributed by atoms with E-state index < -0.39 is 13.0 Å². The highest BCUT2D eigenvalue weighted by molar-refractivity contribution is 6.61. The van der Waals surface area contributed by atoms with Crippen molar-refractivity contribution in [3.05, 3.63) is 65.2 Å². The number of hydrogen-bond donors (Lipinski definition) is 2. The van der Waals surface area contributed by atoms with E-state index in [0.29, 0.717) is 22.5 Å². The first-order valence-corrected chi connectivity index (χ1v) is 8.41. The lowest BCUT2D eigenvalue weighted by Gasteiger charge is -2.08. The highest BCUT2D eigenvalue weighted by Crippen LogP contribution is 2.24. The normalized spacial score (nSPS) is 15.7. The van der Waals surface area contributed by atoms with Gasteiger partial charge in [-0.2, -0.15) is 0 Å². The van der Waals surface area contributed by atoms with Crippen molar-refractivity contribution in [3.63, 3.8) is 0 Å². The van der Waals surface area contributed by atoms with Crippen molar-refractivity contribution in [1.29, 1.82) is 0 Å². The number of anilines is 1. The highest BCUT2D eigenvalue weighted by Gasteiger charge is 2.32. The average Bonchev–Trinajstić information content (AvgIpc) is 3.16. The van der Waals surface area contributed by atoms with Crippen molar-refractivity contribution in [2.24, 2.45) is 0 Å². The van der Waals surface area contributed by atoms with Crippen LogP contribution in [0.3, 0.4) is 0 Å². The lowest BCUT2D eigenvalue weighted by atomic mass is 9.79. The van der Waals surface area contributed by atoms with Gasteiger partial charge in [-0.15, -0.1) is 5.10 Å². The Kier molecular flexibility index (Phi) is 4.25. The van der Waals surface area contributed by atoms with E-state index in [-0.39, 0.29) is 17.6 Å². The van der Waals surface area contributed by atoms with Crippen molar-refractivity contribution >= 4 is 24.2 Å². The third-order valence-corrected chi connectivity index (χ3v) is 4.56. The maximum Gasteiger partial charge on any atom is 0.492 e. The SMILES string of the molecule is Cc1c(C(=O)Nc2ccc3c(c2)B(O)OC3C)nnn1-c1ccc(F)cc1. The molecule has 9 heteroatoms. The summed E-state index contributed by atoms with van der Waals surface area (Å²) in [6.45, 7) is 3.56. The molecule has 2 aromatic carbocycles. The van der Waals surface area contributed by atoms with Gasteiger partial charge in [-0.3, -0.25) is 4.79 Å². The number of aromatic nitrogens is 3. The molecule has 1 aromatic heterocycles. The maximum atomic E-state index is 13.1. The molecule has 2 N–H and O–H groups in total. The number of hydrogen-bond acceptors (Lipinski definition) is 5. The van der Waals surface area contributed by atoms with Gasteiger partial charge in [-0.1, -0.05) is 11.3 Å². The van der Waals surface area contributed by atoms with Gasteiger partial charge in [0.05, 0.1) is 17.5 Å². The predicted molar refractivity (Wildman–Crippen MR) is 97.6 cm³/mol. The van der Waals surface area contributed by atoms with Crippen LogP contribution >= 0.6 is 0 Å². The zero-order chi connectivity index (χ0) is 19.1. The van der Waals surface area contributed by atoms with E-state index in [0.717, 1.165) is 5.56 Å². The molecule has 1 atom stereocenters. The lowest BCUT2D eigenvalue weighted by Crippen LogP contribution is -2.28.